The van der Waals surface area contributed by atoms with Crippen LogP contribution in [0, 0.1) is 6.92 Å². The van der Waals surface area contributed by atoms with Gasteiger partial charge in [0.15, 0.2) is 5.82 Å². The molecule has 0 aliphatic heterocycles. The smallest absolute Gasteiger partial charge is 0.214 e. The predicted molar refractivity (Wildman–Crippen MR) is 105 cm³/mol. The summed E-state index contributed by atoms with van der Waals surface area (Å²) in [7, 11) is 1.94. The summed E-state index contributed by atoms with van der Waals surface area (Å²) >= 11 is 4.98. The lowest BCUT2D eigenvalue weighted by molar-refractivity contribution is 1.01. The summed E-state index contributed by atoms with van der Waals surface area (Å²) in [5, 5.41) is 10.3. The van der Waals surface area contributed by atoms with Crippen molar-refractivity contribution in [3.8, 4) is 10.6 Å². The molecule has 0 N–H and O–H groups in total. The molecule has 4 rings (SSSR count). The van der Waals surface area contributed by atoms with E-state index in [0.717, 1.165) is 42.7 Å². The molecule has 25 heavy (non-hydrogen) atoms. The average molecular weight is 412 g/mol. The Morgan fingerprint density at radius 3 is 2.32 bits per heavy atom. The van der Waals surface area contributed by atoms with Crippen LogP contribution in [0.2, 0.25) is 0 Å². The topological polar surface area (TPSA) is 54.8 Å². The normalized spacial score (nSPS) is 11.0. The summed E-state index contributed by atoms with van der Waals surface area (Å²) in [5.74, 6) is 0.789. The molecule has 0 fully saturated rings. The van der Waals surface area contributed by atoms with Gasteiger partial charge >= 0.3 is 0 Å². The van der Waals surface area contributed by atoms with Crippen molar-refractivity contribution in [1.29, 1.82) is 0 Å². The fourth-order valence-corrected chi connectivity index (χ4v) is 3.63. The molecule has 0 bridgehead atoms. The molecule has 124 valence electrons. The summed E-state index contributed by atoms with van der Waals surface area (Å²) < 4.78 is 1.04. The molecule has 4 aromatic rings. The largest absolute Gasteiger partial charge is 0.302 e. The van der Waals surface area contributed by atoms with Crippen LogP contribution in [0.5, 0.6) is 0 Å². The van der Waals surface area contributed by atoms with E-state index in [4.69, 9.17) is 4.98 Å². The highest BCUT2D eigenvalue weighted by Crippen LogP contribution is 2.32. The zero-order valence-electron chi connectivity index (χ0n) is 13.6. The third kappa shape index (κ3) is 3.12. The average Bonchev–Trinajstić information content (AvgIpc) is 3.11. The van der Waals surface area contributed by atoms with Gasteiger partial charge in [0, 0.05) is 17.1 Å². The van der Waals surface area contributed by atoms with Gasteiger partial charge in [-0.05, 0) is 31.2 Å². The molecular weight excluding hydrogens is 398 g/mol. The maximum atomic E-state index is 4.74. The van der Waals surface area contributed by atoms with Crippen molar-refractivity contribution in [2.75, 3.05) is 11.9 Å². The Kier molecular flexibility index (Phi) is 4.19. The third-order valence-electron chi connectivity index (χ3n) is 3.83. The van der Waals surface area contributed by atoms with Crippen LogP contribution in [0.3, 0.4) is 0 Å². The number of anilines is 2. The second-order valence-electron chi connectivity index (χ2n) is 5.58. The van der Waals surface area contributed by atoms with E-state index in [0.29, 0.717) is 0 Å². The van der Waals surface area contributed by atoms with E-state index in [1.807, 2.05) is 67.4 Å². The highest BCUT2D eigenvalue weighted by molar-refractivity contribution is 9.10. The minimum atomic E-state index is 0.783. The highest BCUT2D eigenvalue weighted by atomic mass is 79.9. The lowest BCUT2D eigenvalue weighted by Gasteiger charge is -2.16. The number of hydrogen-bond acceptors (Lipinski definition) is 6. The quantitative estimate of drug-likeness (QED) is 0.475. The van der Waals surface area contributed by atoms with Gasteiger partial charge in [0.1, 0.15) is 5.01 Å². The Morgan fingerprint density at radius 1 is 0.920 bits per heavy atom. The molecule has 0 unspecified atom stereocenters. The zero-order chi connectivity index (χ0) is 17.4. The van der Waals surface area contributed by atoms with Crippen LogP contribution in [0.4, 0.5) is 10.9 Å². The first-order chi connectivity index (χ1) is 12.1. The third-order valence-corrected chi connectivity index (χ3v) is 5.41. The Labute approximate surface area is 157 Å². The number of hydrogen-bond donors (Lipinski definition) is 0. The summed E-state index contributed by atoms with van der Waals surface area (Å²) in [6.45, 7) is 1.96. The minimum absolute atomic E-state index is 0.783. The zero-order valence-corrected chi connectivity index (χ0v) is 16.0. The molecule has 2 aromatic carbocycles. The van der Waals surface area contributed by atoms with Crippen molar-refractivity contribution in [2.24, 2.45) is 0 Å². The molecule has 0 atom stereocenters. The molecule has 0 amide bonds. The van der Waals surface area contributed by atoms with Crippen LogP contribution >= 0.6 is 27.3 Å². The maximum Gasteiger partial charge on any atom is 0.214 e. The predicted octanol–water partition coefficient (Wildman–Crippen LogP) is 4.99. The summed E-state index contributed by atoms with van der Waals surface area (Å²) in [6.07, 6.45) is 0. The Hall–Kier alpha value is -2.38. The van der Waals surface area contributed by atoms with E-state index in [2.05, 4.69) is 31.1 Å². The molecule has 0 aliphatic carbocycles. The molecular formula is C18H14BrN5S. The Bertz CT molecular complexity index is 1040. The fraction of sp³-hybridized carbons (Fsp3) is 0.111. The number of rotatable bonds is 3. The molecule has 0 saturated carbocycles. The number of fused-ring (bicyclic) bond motifs is 1. The van der Waals surface area contributed by atoms with E-state index >= 15 is 0 Å². The fourth-order valence-electron chi connectivity index (χ4n) is 2.55. The first-order valence-electron chi connectivity index (χ1n) is 7.68. The van der Waals surface area contributed by atoms with Gasteiger partial charge in [0.25, 0.3) is 0 Å². The number of aromatic nitrogens is 4. The molecule has 2 heterocycles. The number of aryl methyl sites for hydroxylation is 1. The Morgan fingerprint density at radius 2 is 1.60 bits per heavy atom. The van der Waals surface area contributed by atoms with Crippen molar-refractivity contribution in [2.45, 2.75) is 6.92 Å². The molecule has 2 aromatic heterocycles. The summed E-state index contributed by atoms with van der Waals surface area (Å²) in [5.41, 5.74) is 3.67. The van der Waals surface area contributed by atoms with Gasteiger partial charge in [0.2, 0.25) is 5.13 Å². The SMILES string of the molecule is Cc1nc2ccccc2nc1N(C)c1nnc(-c2ccc(Br)cc2)s1. The molecule has 7 heteroatoms. The molecule has 0 spiro atoms. The van der Waals surface area contributed by atoms with Crippen molar-refractivity contribution in [3.05, 3.63) is 58.7 Å². The van der Waals surface area contributed by atoms with Crippen molar-refractivity contribution < 1.29 is 0 Å². The van der Waals surface area contributed by atoms with Crippen molar-refractivity contribution >= 4 is 49.2 Å². The lowest BCUT2D eigenvalue weighted by atomic mass is 10.2. The first-order valence-corrected chi connectivity index (χ1v) is 9.29. The number of para-hydroxylation sites is 2. The van der Waals surface area contributed by atoms with Gasteiger partial charge in [0.05, 0.1) is 16.7 Å². The highest BCUT2D eigenvalue weighted by Gasteiger charge is 2.16. The standard InChI is InChI=1S/C18H14BrN5S/c1-11-16(21-15-6-4-3-5-14(15)20-11)24(2)18-23-22-17(25-18)12-7-9-13(19)10-8-12/h3-10H,1-2H3. The van der Waals surface area contributed by atoms with Crippen molar-refractivity contribution in [3.63, 3.8) is 0 Å². The van der Waals surface area contributed by atoms with E-state index in [9.17, 15) is 0 Å². The second kappa shape index (κ2) is 6.50. The van der Waals surface area contributed by atoms with Crippen LogP contribution in [0.25, 0.3) is 21.6 Å². The molecule has 0 radical (unpaired) electrons. The lowest BCUT2D eigenvalue weighted by Crippen LogP contribution is -2.13. The maximum absolute atomic E-state index is 4.74. The minimum Gasteiger partial charge on any atom is -0.302 e. The molecule has 0 aliphatic rings. The van der Waals surface area contributed by atoms with E-state index in [1.54, 1.807) is 0 Å². The van der Waals surface area contributed by atoms with Gasteiger partial charge in [-0.25, -0.2) is 9.97 Å². The number of halogens is 1. The monoisotopic (exact) mass is 411 g/mol. The number of nitrogens with zero attached hydrogens (tertiary/aromatic N) is 5. The van der Waals surface area contributed by atoms with Crippen LogP contribution in [0.15, 0.2) is 53.0 Å². The van der Waals surface area contributed by atoms with E-state index < -0.39 is 0 Å². The number of benzene rings is 2. The van der Waals surface area contributed by atoms with Gasteiger partial charge in [-0.1, -0.05) is 51.5 Å². The van der Waals surface area contributed by atoms with Crippen LogP contribution in [-0.2, 0) is 0 Å². The summed E-state index contributed by atoms with van der Waals surface area (Å²) in [4.78, 5) is 11.3. The Balaban J connectivity index is 1.70. The second-order valence-corrected chi connectivity index (χ2v) is 7.45. The van der Waals surface area contributed by atoms with Crippen LogP contribution in [0.1, 0.15) is 5.69 Å². The van der Waals surface area contributed by atoms with E-state index in [1.165, 1.54) is 11.3 Å². The van der Waals surface area contributed by atoms with Gasteiger partial charge in [-0.3, -0.25) is 0 Å². The molecule has 0 saturated heterocycles. The first kappa shape index (κ1) is 16.1. The van der Waals surface area contributed by atoms with Gasteiger partial charge in [-0.15, -0.1) is 10.2 Å². The van der Waals surface area contributed by atoms with E-state index in [-0.39, 0.29) is 0 Å². The van der Waals surface area contributed by atoms with Crippen molar-refractivity contribution in [1.82, 2.24) is 20.2 Å². The van der Waals surface area contributed by atoms with Crippen LogP contribution in [-0.4, -0.2) is 27.2 Å². The molecule has 5 nitrogen and oxygen atoms in total. The van der Waals surface area contributed by atoms with Gasteiger partial charge < -0.3 is 4.90 Å². The van der Waals surface area contributed by atoms with Gasteiger partial charge in [-0.2, -0.15) is 0 Å². The van der Waals surface area contributed by atoms with Crippen LogP contribution < -0.4 is 4.90 Å². The summed E-state index contributed by atoms with van der Waals surface area (Å²) in [6, 6.07) is 15.9.